The SMILES string of the molecule is OC1C=CC23COCC2(C1)C1C=CC13. The van der Waals surface area contributed by atoms with Crippen molar-refractivity contribution in [2.75, 3.05) is 13.2 Å². The van der Waals surface area contributed by atoms with Crippen molar-refractivity contribution in [1.29, 1.82) is 0 Å². The summed E-state index contributed by atoms with van der Waals surface area (Å²) in [6, 6.07) is 0. The first-order valence-corrected chi connectivity index (χ1v) is 5.42. The van der Waals surface area contributed by atoms with Gasteiger partial charge in [-0.05, 0) is 18.3 Å². The minimum Gasteiger partial charge on any atom is -0.389 e. The van der Waals surface area contributed by atoms with Crippen LogP contribution in [0.25, 0.3) is 0 Å². The molecule has 0 aromatic carbocycles. The molecule has 1 N–H and O–H groups in total. The van der Waals surface area contributed by atoms with Gasteiger partial charge in [0.2, 0.25) is 0 Å². The Bertz CT molecular complexity index is 359. The van der Waals surface area contributed by atoms with Crippen molar-refractivity contribution in [2.24, 2.45) is 22.7 Å². The second-order valence-corrected chi connectivity index (χ2v) is 5.26. The van der Waals surface area contributed by atoms with E-state index in [1.54, 1.807) is 0 Å². The zero-order chi connectivity index (χ0) is 9.39. The van der Waals surface area contributed by atoms with Crippen molar-refractivity contribution in [1.82, 2.24) is 0 Å². The van der Waals surface area contributed by atoms with Gasteiger partial charge in [-0.15, -0.1) is 0 Å². The van der Waals surface area contributed by atoms with Crippen molar-refractivity contribution in [2.45, 2.75) is 12.5 Å². The van der Waals surface area contributed by atoms with Crippen LogP contribution in [0.15, 0.2) is 24.3 Å². The third-order valence-corrected chi connectivity index (χ3v) is 4.96. The molecule has 3 aliphatic carbocycles. The second-order valence-electron chi connectivity index (χ2n) is 5.26. The van der Waals surface area contributed by atoms with Crippen molar-refractivity contribution in [3.05, 3.63) is 24.3 Å². The lowest BCUT2D eigenvalue weighted by Gasteiger charge is -2.68. The Labute approximate surface area is 83.3 Å². The van der Waals surface area contributed by atoms with Crippen LogP contribution in [0.4, 0.5) is 0 Å². The zero-order valence-corrected chi connectivity index (χ0v) is 8.02. The van der Waals surface area contributed by atoms with Gasteiger partial charge in [-0.3, -0.25) is 0 Å². The molecule has 1 saturated heterocycles. The van der Waals surface area contributed by atoms with E-state index in [2.05, 4.69) is 18.2 Å². The zero-order valence-electron chi connectivity index (χ0n) is 8.02. The number of allylic oxidation sites excluding steroid dienone is 2. The molecule has 2 heteroatoms. The molecule has 0 aromatic heterocycles. The van der Waals surface area contributed by atoms with Gasteiger partial charge < -0.3 is 9.84 Å². The van der Waals surface area contributed by atoms with Gasteiger partial charge in [0.25, 0.3) is 0 Å². The Morgan fingerprint density at radius 3 is 2.79 bits per heavy atom. The maximum absolute atomic E-state index is 9.73. The highest BCUT2D eigenvalue weighted by Gasteiger charge is 2.74. The molecule has 1 saturated carbocycles. The predicted molar refractivity (Wildman–Crippen MR) is 51.6 cm³/mol. The standard InChI is InChI=1S/C12H14O2/c13-8-3-4-11-6-14-7-12(11,5-8)10-2-1-9(10)11/h1-4,8-10,13H,5-7H2. The lowest BCUT2D eigenvalue weighted by molar-refractivity contribution is -0.139. The van der Waals surface area contributed by atoms with Crippen LogP contribution in [0, 0.1) is 22.7 Å². The molecular formula is C12H14O2. The highest BCUT2D eigenvalue weighted by Crippen LogP contribution is 2.75. The van der Waals surface area contributed by atoms with Crippen LogP contribution in [0.2, 0.25) is 0 Å². The summed E-state index contributed by atoms with van der Waals surface area (Å²) in [6.45, 7) is 1.71. The molecule has 2 nitrogen and oxygen atoms in total. The normalized spacial score (nSPS) is 62.2. The number of hydrogen-bond acceptors (Lipinski definition) is 2. The van der Waals surface area contributed by atoms with Crippen LogP contribution in [-0.4, -0.2) is 24.4 Å². The largest absolute Gasteiger partial charge is 0.389 e. The minimum absolute atomic E-state index is 0.250. The van der Waals surface area contributed by atoms with Crippen LogP contribution in [0.3, 0.4) is 0 Å². The van der Waals surface area contributed by atoms with Gasteiger partial charge in [-0.25, -0.2) is 0 Å². The summed E-state index contributed by atoms with van der Waals surface area (Å²) < 4.78 is 5.69. The highest BCUT2D eigenvalue weighted by molar-refractivity contribution is 5.40. The summed E-state index contributed by atoms with van der Waals surface area (Å²) in [5.74, 6) is 1.39. The van der Waals surface area contributed by atoms with Gasteiger partial charge in [0.1, 0.15) is 0 Å². The molecule has 1 heterocycles. The monoisotopic (exact) mass is 190 g/mol. The maximum Gasteiger partial charge on any atom is 0.0727 e. The van der Waals surface area contributed by atoms with Crippen LogP contribution in [-0.2, 0) is 4.74 Å². The van der Waals surface area contributed by atoms with E-state index in [4.69, 9.17) is 4.74 Å². The maximum atomic E-state index is 9.73. The van der Waals surface area contributed by atoms with Crippen molar-refractivity contribution in [3.63, 3.8) is 0 Å². The van der Waals surface area contributed by atoms with E-state index >= 15 is 0 Å². The first kappa shape index (κ1) is 7.66. The number of ether oxygens (including phenoxy) is 1. The molecule has 14 heavy (non-hydrogen) atoms. The molecule has 74 valence electrons. The molecule has 0 radical (unpaired) electrons. The van der Waals surface area contributed by atoms with E-state index < -0.39 is 0 Å². The van der Waals surface area contributed by atoms with Crippen LogP contribution in [0.5, 0.6) is 0 Å². The lowest BCUT2D eigenvalue weighted by atomic mass is 9.33. The first-order valence-electron chi connectivity index (χ1n) is 5.42. The fourth-order valence-corrected chi connectivity index (χ4v) is 4.21. The Hall–Kier alpha value is -0.600. The van der Waals surface area contributed by atoms with Gasteiger partial charge in [-0.1, -0.05) is 24.3 Å². The lowest BCUT2D eigenvalue weighted by Crippen LogP contribution is -2.67. The molecule has 5 atom stereocenters. The van der Waals surface area contributed by atoms with E-state index in [0.717, 1.165) is 19.6 Å². The predicted octanol–water partition coefficient (Wildman–Crippen LogP) is 1.13. The van der Waals surface area contributed by atoms with E-state index in [1.165, 1.54) is 0 Å². The van der Waals surface area contributed by atoms with E-state index in [0.29, 0.717) is 11.8 Å². The van der Waals surface area contributed by atoms with E-state index in [-0.39, 0.29) is 16.9 Å². The molecule has 4 aliphatic rings. The Kier molecular flexibility index (Phi) is 1.09. The Balaban J connectivity index is 1.89. The van der Waals surface area contributed by atoms with Gasteiger partial charge in [0, 0.05) is 10.8 Å². The van der Waals surface area contributed by atoms with Gasteiger partial charge in [-0.2, -0.15) is 0 Å². The molecule has 0 aromatic rings. The van der Waals surface area contributed by atoms with E-state index in [9.17, 15) is 5.11 Å². The summed E-state index contributed by atoms with van der Waals surface area (Å²) >= 11 is 0. The molecule has 0 amide bonds. The Morgan fingerprint density at radius 1 is 1.14 bits per heavy atom. The third-order valence-electron chi connectivity index (χ3n) is 4.96. The third kappa shape index (κ3) is 0.526. The fourth-order valence-electron chi connectivity index (χ4n) is 4.21. The molecule has 0 spiro atoms. The molecule has 5 unspecified atom stereocenters. The summed E-state index contributed by atoms with van der Waals surface area (Å²) in [5, 5.41) is 9.73. The molecule has 0 bridgehead atoms. The summed E-state index contributed by atoms with van der Waals surface area (Å²) in [6.07, 6.45) is 9.48. The number of fused-ring (bicyclic) bond motifs is 1. The molecule has 2 fully saturated rings. The second kappa shape index (κ2) is 2.00. The average molecular weight is 190 g/mol. The van der Waals surface area contributed by atoms with Gasteiger partial charge in [0.15, 0.2) is 0 Å². The molecular weight excluding hydrogens is 176 g/mol. The topological polar surface area (TPSA) is 29.5 Å². The van der Waals surface area contributed by atoms with Crippen LogP contribution < -0.4 is 0 Å². The molecule has 1 aliphatic heterocycles. The summed E-state index contributed by atoms with van der Waals surface area (Å²) in [7, 11) is 0. The van der Waals surface area contributed by atoms with Crippen LogP contribution >= 0.6 is 0 Å². The van der Waals surface area contributed by atoms with Gasteiger partial charge in [0.05, 0.1) is 19.3 Å². The fraction of sp³-hybridized carbons (Fsp3) is 0.667. The Morgan fingerprint density at radius 2 is 2.00 bits per heavy atom. The number of rotatable bonds is 0. The average Bonchev–Trinajstić information content (AvgIpc) is 2.39. The van der Waals surface area contributed by atoms with Crippen molar-refractivity contribution < 1.29 is 9.84 Å². The minimum atomic E-state index is -0.250. The highest BCUT2D eigenvalue weighted by atomic mass is 16.5. The van der Waals surface area contributed by atoms with Gasteiger partial charge >= 0.3 is 0 Å². The van der Waals surface area contributed by atoms with Crippen molar-refractivity contribution in [3.8, 4) is 0 Å². The van der Waals surface area contributed by atoms with E-state index in [1.807, 2.05) is 6.08 Å². The molecule has 4 rings (SSSR count). The number of hydrogen-bond donors (Lipinski definition) is 1. The smallest absolute Gasteiger partial charge is 0.0727 e. The summed E-state index contributed by atoms with van der Waals surface area (Å²) in [4.78, 5) is 0. The number of aliphatic hydroxyl groups is 1. The first-order chi connectivity index (χ1) is 6.79. The summed E-state index contributed by atoms with van der Waals surface area (Å²) in [5.41, 5.74) is 0.506. The quantitative estimate of drug-likeness (QED) is 0.580. The number of aliphatic hydroxyl groups excluding tert-OH is 1. The van der Waals surface area contributed by atoms with Crippen molar-refractivity contribution >= 4 is 0 Å². The van der Waals surface area contributed by atoms with Crippen LogP contribution in [0.1, 0.15) is 6.42 Å².